The van der Waals surface area contributed by atoms with E-state index in [9.17, 15) is 0 Å². The van der Waals surface area contributed by atoms with E-state index in [2.05, 4.69) is 27.6 Å². The summed E-state index contributed by atoms with van der Waals surface area (Å²) in [4.78, 5) is 10.5. The van der Waals surface area contributed by atoms with Crippen LogP contribution < -0.4 is 5.32 Å². The second kappa shape index (κ2) is 5.07. The molecule has 5 heteroatoms. The monoisotopic (exact) mass is 279 g/mol. The fourth-order valence-corrected chi connectivity index (χ4v) is 3.76. The average Bonchev–Trinajstić information content (AvgIpc) is 2.98. The largest absolute Gasteiger partial charge is 0.309 e. The maximum Gasteiger partial charge on any atom is 0.0999 e. The highest BCUT2D eigenvalue weighted by atomic mass is 32.1. The second-order valence-corrected chi connectivity index (χ2v) is 6.94. The Bertz CT molecular complexity index is 540. The van der Waals surface area contributed by atoms with Gasteiger partial charge in [-0.25, -0.2) is 9.97 Å². The van der Waals surface area contributed by atoms with Crippen LogP contribution in [0.5, 0.6) is 0 Å². The molecule has 3 nitrogen and oxygen atoms in total. The minimum absolute atomic E-state index is 0.761. The maximum absolute atomic E-state index is 4.66. The lowest BCUT2D eigenvalue weighted by Gasteiger charge is -1.99. The summed E-state index contributed by atoms with van der Waals surface area (Å²) in [5.41, 5.74) is 2.29. The Morgan fingerprint density at radius 2 is 2.11 bits per heavy atom. The summed E-state index contributed by atoms with van der Waals surface area (Å²) in [6, 6.07) is 0.761. The van der Waals surface area contributed by atoms with E-state index in [1.54, 1.807) is 11.3 Å². The number of thiazole rings is 2. The van der Waals surface area contributed by atoms with Crippen molar-refractivity contribution in [2.75, 3.05) is 0 Å². The predicted octanol–water partition coefficient (Wildman–Crippen LogP) is 3.06. The average molecular weight is 279 g/mol. The third-order valence-electron chi connectivity index (χ3n) is 3.03. The van der Waals surface area contributed by atoms with Crippen LogP contribution in [0.25, 0.3) is 0 Å². The molecule has 0 spiro atoms. The van der Waals surface area contributed by atoms with E-state index < -0.39 is 0 Å². The molecular formula is C13H17N3S2. The van der Waals surface area contributed by atoms with Crippen LogP contribution in [0.15, 0.2) is 5.38 Å². The van der Waals surface area contributed by atoms with Crippen molar-refractivity contribution >= 4 is 22.7 Å². The van der Waals surface area contributed by atoms with Crippen molar-refractivity contribution in [1.82, 2.24) is 15.3 Å². The van der Waals surface area contributed by atoms with E-state index in [-0.39, 0.29) is 0 Å². The number of hydrogen-bond acceptors (Lipinski definition) is 5. The van der Waals surface area contributed by atoms with Crippen molar-refractivity contribution < 1.29 is 0 Å². The number of nitrogens with zero attached hydrogens (tertiary/aromatic N) is 2. The van der Waals surface area contributed by atoms with Crippen molar-refractivity contribution in [2.45, 2.75) is 45.7 Å². The Balaban J connectivity index is 1.66. The maximum atomic E-state index is 4.66. The van der Waals surface area contributed by atoms with Gasteiger partial charge in [0.05, 0.1) is 22.1 Å². The Morgan fingerprint density at radius 1 is 1.28 bits per heavy atom. The predicted molar refractivity (Wildman–Crippen MR) is 76.4 cm³/mol. The molecule has 0 radical (unpaired) electrons. The minimum Gasteiger partial charge on any atom is -0.309 e. The first-order valence-corrected chi connectivity index (χ1v) is 8.00. The fourth-order valence-electron chi connectivity index (χ4n) is 1.87. The Labute approximate surface area is 115 Å². The SMILES string of the molecule is Cc1csc(Cc2nc(C)c(CNC3CC3)s2)n1. The van der Waals surface area contributed by atoms with Gasteiger partial charge >= 0.3 is 0 Å². The lowest BCUT2D eigenvalue weighted by molar-refractivity contribution is 0.691. The lowest BCUT2D eigenvalue weighted by atomic mass is 10.4. The Morgan fingerprint density at radius 3 is 2.78 bits per heavy atom. The van der Waals surface area contributed by atoms with Crippen LogP contribution in [0.2, 0.25) is 0 Å². The van der Waals surface area contributed by atoms with Crippen molar-refractivity contribution in [1.29, 1.82) is 0 Å². The van der Waals surface area contributed by atoms with Crippen LogP contribution in [0.4, 0.5) is 0 Å². The van der Waals surface area contributed by atoms with Gasteiger partial charge in [0.25, 0.3) is 0 Å². The van der Waals surface area contributed by atoms with Crippen molar-refractivity contribution in [3.05, 3.63) is 31.7 Å². The van der Waals surface area contributed by atoms with Crippen molar-refractivity contribution in [3.63, 3.8) is 0 Å². The van der Waals surface area contributed by atoms with Gasteiger partial charge in [0, 0.05) is 28.5 Å². The third kappa shape index (κ3) is 2.96. The molecule has 1 aliphatic rings. The molecule has 0 unspecified atom stereocenters. The van der Waals surface area contributed by atoms with Gasteiger partial charge in [-0.05, 0) is 26.7 Å². The van der Waals surface area contributed by atoms with Gasteiger partial charge in [-0.15, -0.1) is 22.7 Å². The fraction of sp³-hybridized carbons (Fsp3) is 0.538. The van der Waals surface area contributed by atoms with Gasteiger partial charge in [0.2, 0.25) is 0 Å². The molecule has 2 aromatic heterocycles. The Hall–Kier alpha value is -0.780. The van der Waals surface area contributed by atoms with E-state index in [0.29, 0.717) is 0 Å². The van der Waals surface area contributed by atoms with Gasteiger partial charge in [0.1, 0.15) is 0 Å². The first kappa shape index (κ1) is 12.3. The number of rotatable bonds is 5. The summed E-state index contributed by atoms with van der Waals surface area (Å²) in [6.45, 7) is 5.13. The molecule has 3 rings (SSSR count). The quantitative estimate of drug-likeness (QED) is 0.914. The first-order chi connectivity index (χ1) is 8.70. The zero-order valence-electron chi connectivity index (χ0n) is 10.7. The van der Waals surface area contributed by atoms with E-state index in [1.807, 2.05) is 18.3 Å². The molecule has 1 fully saturated rings. The highest BCUT2D eigenvalue weighted by Gasteiger charge is 2.21. The lowest BCUT2D eigenvalue weighted by Crippen LogP contribution is -2.14. The summed E-state index contributed by atoms with van der Waals surface area (Å²) in [5.74, 6) is 0. The summed E-state index contributed by atoms with van der Waals surface area (Å²) >= 11 is 3.55. The van der Waals surface area contributed by atoms with Crippen LogP contribution >= 0.6 is 22.7 Å². The van der Waals surface area contributed by atoms with E-state index in [1.165, 1.54) is 33.4 Å². The van der Waals surface area contributed by atoms with Crippen molar-refractivity contribution in [2.24, 2.45) is 0 Å². The number of nitrogens with one attached hydrogen (secondary N) is 1. The van der Waals surface area contributed by atoms with Crippen LogP contribution in [-0.4, -0.2) is 16.0 Å². The minimum atomic E-state index is 0.761. The molecule has 0 bridgehead atoms. The van der Waals surface area contributed by atoms with Crippen LogP contribution in [0.3, 0.4) is 0 Å². The molecular weight excluding hydrogens is 262 g/mol. The topological polar surface area (TPSA) is 37.8 Å². The van der Waals surface area contributed by atoms with Crippen LogP contribution in [-0.2, 0) is 13.0 Å². The van der Waals surface area contributed by atoms with Gasteiger partial charge in [-0.1, -0.05) is 0 Å². The van der Waals surface area contributed by atoms with Gasteiger partial charge in [-0.3, -0.25) is 0 Å². The van der Waals surface area contributed by atoms with Crippen LogP contribution in [0.1, 0.15) is 39.1 Å². The normalized spacial score (nSPS) is 15.2. The Kier molecular flexibility index (Phi) is 3.46. The van der Waals surface area contributed by atoms with E-state index in [4.69, 9.17) is 0 Å². The summed E-state index contributed by atoms with van der Waals surface area (Å²) < 4.78 is 0. The molecule has 0 amide bonds. The summed E-state index contributed by atoms with van der Waals surface area (Å²) in [6.07, 6.45) is 3.56. The molecule has 2 heterocycles. The molecule has 0 aliphatic heterocycles. The van der Waals surface area contributed by atoms with Gasteiger partial charge < -0.3 is 5.32 Å². The standard InChI is InChI=1S/C13H17N3S2/c1-8-7-17-12(15-8)5-13-16-9(2)11(18-13)6-14-10-3-4-10/h7,10,14H,3-6H2,1-2H3. The van der Waals surface area contributed by atoms with Crippen molar-refractivity contribution in [3.8, 4) is 0 Å². The zero-order valence-corrected chi connectivity index (χ0v) is 12.3. The van der Waals surface area contributed by atoms with Gasteiger partial charge in [0.15, 0.2) is 0 Å². The highest BCUT2D eigenvalue weighted by Crippen LogP contribution is 2.24. The molecule has 1 N–H and O–H groups in total. The second-order valence-electron chi connectivity index (χ2n) is 4.83. The summed E-state index contributed by atoms with van der Waals surface area (Å²) in [5, 5.41) is 8.01. The molecule has 1 saturated carbocycles. The third-order valence-corrected chi connectivity index (χ3v) is 5.16. The molecule has 0 aromatic carbocycles. The van der Waals surface area contributed by atoms with Crippen LogP contribution in [0, 0.1) is 13.8 Å². The van der Waals surface area contributed by atoms with E-state index in [0.717, 1.165) is 24.7 Å². The smallest absolute Gasteiger partial charge is 0.0999 e. The molecule has 2 aromatic rings. The first-order valence-electron chi connectivity index (χ1n) is 6.30. The molecule has 1 aliphatic carbocycles. The zero-order chi connectivity index (χ0) is 12.5. The number of hydrogen-bond donors (Lipinski definition) is 1. The van der Waals surface area contributed by atoms with Gasteiger partial charge in [-0.2, -0.15) is 0 Å². The molecule has 0 atom stereocenters. The number of aryl methyl sites for hydroxylation is 2. The van der Waals surface area contributed by atoms with E-state index >= 15 is 0 Å². The molecule has 0 saturated heterocycles. The molecule has 96 valence electrons. The summed E-state index contributed by atoms with van der Waals surface area (Å²) in [7, 11) is 0. The highest BCUT2D eigenvalue weighted by molar-refractivity contribution is 7.12. The number of aromatic nitrogens is 2. The molecule has 18 heavy (non-hydrogen) atoms.